The zero-order valence-electron chi connectivity index (χ0n) is 16.9. The molecule has 3 rings (SSSR count). The summed E-state index contributed by atoms with van der Waals surface area (Å²) in [6, 6.07) is 9.46. The van der Waals surface area contributed by atoms with Crippen LogP contribution in [-0.2, 0) is 16.6 Å². The fraction of sp³-hybridized carbons (Fsp3) is 0.300. The molecule has 0 saturated carbocycles. The van der Waals surface area contributed by atoms with Crippen LogP contribution in [0, 0.1) is 0 Å². The number of H-pyrrole nitrogens is 2. The Labute approximate surface area is 173 Å². The third-order valence-corrected chi connectivity index (χ3v) is 6.49. The molecule has 0 aliphatic rings. The van der Waals surface area contributed by atoms with Crippen molar-refractivity contribution in [1.29, 1.82) is 0 Å². The van der Waals surface area contributed by atoms with E-state index in [4.69, 9.17) is 9.47 Å². The number of hydrogen-bond acceptors (Lipinski definition) is 6. The van der Waals surface area contributed by atoms with Gasteiger partial charge in [-0.25, -0.2) is 8.42 Å². The van der Waals surface area contributed by atoms with E-state index in [-0.39, 0.29) is 23.5 Å². The van der Waals surface area contributed by atoms with Gasteiger partial charge in [-0.3, -0.25) is 9.59 Å². The van der Waals surface area contributed by atoms with Gasteiger partial charge < -0.3 is 19.4 Å². The Balaban J connectivity index is 1.95. The minimum atomic E-state index is -3.86. The molecule has 0 amide bonds. The lowest BCUT2D eigenvalue weighted by Gasteiger charge is -2.21. The molecule has 160 valence electrons. The predicted molar refractivity (Wildman–Crippen MR) is 113 cm³/mol. The Morgan fingerprint density at radius 1 is 0.933 bits per heavy atom. The summed E-state index contributed by atoms with van der Waals surface area (Å²) in [5.41, 5.74) is -0.319. The topological polar surface area (TPSA) is 122 Å². The molecule has 1 heterocycles. The van der Waals surface area contributed by atoms with Crippen molar-refractivity contribution in [2.24, 2.45) is 0 Å². The molecule has 0 radical (unpaired) electrons. The lowest BCUT2D eigenvalue weighted by atomic mass is 10.2. The highest BCUT2D eigenvalue weighted by Crippen LogP contribution is 2.29. The average molecular weight is 433 g/mol. The fourth-order valence-corrected chi connectivity index (χ4v) is 4.52. The zero-order chi connectivity index (χ0) is 21.9. The SMILES string of the molecule is CCOc1ccc(CN(CC)S(=O)(=O)c2ccc3[nH]c(=O)c(=O)[nH]c3c2)cc1OC. The minimum Gasteiger partial charge on any atom is -0.493 e. The highest BCUT2D eigenvalue weighted by molar-refractivity contribution is 7.89. The molecule has 9 nitrogen and oxygen atoms in total. The first-order valence-electron chi connectivity index (χ1n) is 9.36. The monoisotopic (exact) mass is 433 g/mol. The van der Waals surface area contributed by atoms with Gasteiger partial charge in [0.1, 0.15) is 0 Å². The van der Waals surface area contributed by atoms with Gasteiger partial charge in [0.05, 0.1) is 29.6 Å². The molecule has 0 fully saturated rings. The van der Waals surface area contributed by atoms with E-state index in [1.807, 2.05) is 6.92 Å². The summed E-state index contributed by atoms with van der Waals surface area (Å²) in [5.74, 6) is 1.11. The molecule has 0 saturated heterocycles. The van der Waals surface area contributed by atoms with E-state index in [0.717, 1.165) is 5.56 Å². The molecule has 10 heteroatoms. The summed E-state index contributed by atoms with van der Waals surface area (Å²) in [5, 5.41) is 0. The van der Waals surface area contributed by atoms with Crippen molar-refractivity contribution < 1.29 is 17.9 Å². The van der Waals surface area contributed by atoms with Crippen LogP contribution in [0.3, 0.4) is 0 Å². The van der Waals surface area contributed by atoms with E-state index >= 15 is 0 Å². The van der Waals surface area contributed by atoms with Crippen LogP contribution in [0.25, 0.3) is 11.0 Å². The highest BCUT2D eigenvalue weighted by Gasteiger charge is 2.24. The fourth-order valence-electron chi connectivity index (χ4n) is 3.06. The molecule has 0 aliphatic heterocycles. The van der Waals surface area contributed by atoms with Crippen molar-refractivity contribution in [3.05, 3.63) is 62.7 Å². The number of benzene rings is 2. The van der Waals surface area contributed by atoms with Gasteiger partial charge in [-0.1, -0.05) is 13.0 Å². The summed E-state index contributed by atoms with van der Waals surface area (Å²) >= 11 is 0. The van der Waals surface area contributed by atoms with Gasteiger partial charge in [-0.2, -0.15) is 4.31 Å². The normalized spacial score (nSPS) is 11.7. The molecule has 1 aromatic heterocycles. The van der Waals surface area contributed by atoms with Crippen LogP contribution < -0.4 is 20.6 Å². The lowest BCUT2D eigenvalue weighted by Crippen LogP contribution is -2.31. The third kappa shape index (κ3) is 4.24. The molecule has 0 aliphatic carbocycles. The third-order valence-electron chi connectivity index (χ3n) is 4.57. The van der Waals surface area contributed by atoms with Crippen molar-refractivity contribution >= 4 is 21.1 Å². The predicted octanol–water partition coefficient (Wildman–Crippen LogP) is 1.83. The Bertz CT molecular complexity index is 1280. The van der Waals surface area contributed by atoms with E-state index in [0.29, 0.717) is 23.6 Å². The van der Waals surface area contributed by atoms with Crippen molar-refractivity contribution in [2.45, 2.75) is 25.3 Å². The number of hydrogen-bond donors (Lipinski definition) is 2. The molecule has 0 unspecified atom stereocenters. The molecule has 0 bridgehead atoms. The Morgan fingerprint density at radius 2 is 1.63 bits per heavy atom. The second-order valence-electron chi connectivity index (χ2n) is 6.47. The maximum Gasteiger partial charge on any atom is 0.314 e. The Kier molecular flexibility index (Phi) is 6.28. The van der Waals surface area contributed by atoms with Gasteiger partial charge in [0.25, 0.3) is 0 Å². The first kappa shape index (κ1) is 21.6. The number of sulfonamides is 1. The van der Waals surface area contributed by atoms with Crippen LogP contribution in [0.15, 0.2) is 50.9 Å². The smallest absolute Gasteiger partial charge is 0.314 e. The molecular weight excluding hydrogens is 410 g/mol. The molecule has 3 aromatic rings. The number of nitrogens with zero attached hydrogens (tertiary/aromatic N) is 1. The van der Waals surface area contributed by atoms with E-state index in [1.54, 1.807) is 25.1 Å². The largest absolute Gasteiger partial charge is 0.493 e. The second kappa shape index (κ2) is 8.72. The molecular formula is C20H23N3O6S. The van der Waals surface area contributed by atoms with Gasteiger partial charge in [-0.05, 0) is 42.8 Å². The van der Waals surface area contributed by atoms with Crippen LogP contribution in [0.2, 0.25) is 0 Å². The van der Waals surface area contributed by atoms with Crippen molar-refractivity contribution in [2.75, 3.05) is 20.3 Å². The van der Waals surface area contributed by atoms with Crippen molar-refractivity contribution in [3.8, 4) is 11.5 Å². The first-order chi connectivity index (χ1) is 14.3. The van der Waals surface area contributed by atoms with Crippen molar-refractivity contribution in [3.63, 3.8) is 0 Å². The Hall–Kier alpha value is -3.11. The lowest BCUT2D eigenvalue weighted by molar-refractivity contribution is 0.310. The van der Waals surface area contributed by atoms with Crippen LogP contribution >= 0.6 is 0 Å². The first-order valence-corrected chi connectivity index (χ1v) is 10.8. The van der Waals surface area contributed by atoms with Crippen LogP contribution in [0.1, 0.15) is 19.4 Å². The van der Waals surface area contributed by atoms with Gasteiger partial charge in [-0.15, -0.1) is 0 Å². The van der Waals surface area contributed by atoms with Gasteiger partial charge in [0, 0.05) is 13.1 Å². The molecule has 2 aromatic carbocycles. The summed E-state index contributed by atoms with van der Waals surface area (Å²) in [6.07, 6.45) is 0. The number of ether oxygens (including phenoxy) is 2. The van der Waals surface area contributed by atoms with Crippen molar-refractivity contribution in [1.82, 2.24) is 14.3 Å². The maximum absolute atomic E-state index is 13.2. The average Bonchev–Trinajstić information content (AvgIpc) is 2.73. The van der Waals surface area contributed by atoms with Crippen LogP contribution in [-0.4, -0.2) is 43.0 Å². The number of nitrogens with one attached hydrogen (secondary N) is 2. The number of aromatic amines is 2. The number of methoxy groups -OCH3 is 1. The number of rotatable bonds is 8. The standard InChI is InChI=1S/C20H23N3O6S/c1-4-23(12-13-6-9-17(29-5-2)18(10-13)28-3)30(26,27)14-7-8-15-16(11-14)22-20(25)19(24)21-15/h6-11H,4-5,12H2,1-3H3,(H,21,24)(H,22,25). The second-order valence-corrected chi connectivity index (χ2v) is 8.40. The zero-order valence-corrected chi connectivity index (χ0v) is 17.7. The number of aromatic nitrogens is 2. The van der Waals surface area contributed by atoms with Crippen LogP contribution in [0.5, 0.6) is 11.5 Å². The summed E-state index contributed by atoms with van der Waals surface area (Å²) in [7, 11) is -2.33. The van der Waals surface area contributed by atoms with Gasteiger partial charge in [0.2, 0.25) is 10.0 Å². The van der Waals surface area contributed by atoms with Gasteiger partial charge >= 0.3 is 11.1 Å². The number of fused-ring (bicyclic) bond motifs is 1. The van der Waals surface area contributed by atoms with E-state index in [1.165, 1.54) is 29.6 Å². The molecule has 2 N–H and O–H groups in total. The Morgan fingerprint density at radius 3 is 2.27 bits per heavy atom. The minimum absolute atomic E-state index is 0.0115. The van der Waals surface area contributed by atoms with Gasteiger partial charge in [0.15, 0.2) is 11.5 Å². The van der Waals surface area contributed by atoms with E-state index in [2.05, 4.69) is 9.97 Å². The quantitative estimate of drug-likeness (QED) is 0.523. The molecule has 0 atom stereocenters. The summed E-state index contributed by atoms with van der Waals surface area (Å²) in [4.78, 5) is 27.8. The van der Waals surface area contributed by atoms with Crippen LogP contribution in [0.4, 0.5) is 0 Å². The molecule has 30 heavy (non-hydrogen) atoms. The summed E-state index contributed by atoms with van der Waals surface area (Å²) < 4.78 is 38.5. The highest BCUT2D eigenvalue weighted by atomic mass is 32.2. The van der Waals surface area contributed by atoms with E-state index in [9.17, 15) is 18.0 Å². The van der Waals surface area contributed by atoms with E-state index < -0.39 is 21.1 Å². The summed E-state index contributed by atoms with van der Waals surface area (Å²) in [6.45, 7) is 4.45. The molecule has 0 spiro atoms. The maximum atomic E-state index is 13.2.